The number of hydrogen-bond donors (Lipinski definition) is 2. The third-order valence-electron chi connectivity index (χ3n) is 4.55. The highest BCUT2D eigenvalue weighted by atomic mass is 16.3. The van der Waals surface area contributed by atoms with Crippen LogP contribution in [0.3, 0.4) is 0 Å². The zero-order chi connectivity index (χ0) is 14.2. The van der Waals surface area contributed by atoms with Gasteiger partial charge in [0.05, 0.1) is 0 Å². The molecule has 3 N–H and O–H groups in total. The normalized spacial score (nSPS) is 28.9. The van der Waals surface area contributed by atoms with Gasteiger partial charge in [0.1, 0.15) is 5.60 Å². The van der Waals surface area contributed by atoms with E-state index in [1.165, 1.54) is 5.56 Å². The molecule has 3 atom stereocenters. The number of hydrogen-bond acceptors (Lipinski definition) is 3. The highest BCUT2D eigenvalue weighted by Crippen LogP contribution is 2.46. The van der Waals surface area contributed by atoms with Crippen molar-refractivity contribution in [3.63, 3.8) is 0 Å². The second-order valence-corrected chi connectivity index (χ2v) is 5.69. The predicted octanol–water partition coefficient (Wildman–Crippen LogP) is 2.08. The van der Waals surface area contributed by atoms with Crippen LogP contribution in [0.4, 0.5) is 0 Å². The average molecular weight is 268 g/mol. The molecule has 3 nitrogen and oxygen atoms in total. The van der Waals surface area contributed by atoms with Gasteiger partial charge in [-0.2, -0.15) is 0 Å². The molecule has 0 amide bonds. The summed E-state index contributed by atoms with van der Waals surface area (Å²) in [7, 11) is 0. The van der Waals surface area contributed by atoms with E-state index in [0.717, 1.165) is 17.5 Å². The first kappa shape index (κ1) is 13.3. The van der Waals surface area contributed by atoms with E-state index in [1.807, 2.05) is 30.3 Å². The van der Waals surface area contributed by atoms with Crippen molar-refractivity contribution >= 4 is 0 Å². The summed E-state index contributed by atoms with van der Waals surface area (Å²) in [6, 6.07) is 11.9. The minimum atomic E-state index is -1.04. The zero-order valence-corrected chi connectivity index (χ0v) is 11.7. The monoisotopic (exact) mass is 268 g/mol. The van der Waals surface area contributed by atoms with E-state index < -0.39 is 5.60 Å². The Morgan fingerprint density at radius 1 is 1.30 bits per heavy atom. The highest BCUT2D eigenvalue weighted by Gasteiger charge is 2.46. The summed E-state index contributed by atoms with van der Waals surface area (Å²) in [5.74, 6) is 0.335. The second kappa shape index (κ2) is 5.00. The van der Waals surface area contributed by atoms with E-state index in [4.69, 9.17) is 5.73 Å². The molecule has 0 saturated heterocycles. The Kier molecular flexibility index (Phi) is 3.32. The van der Waals surface area contributed by atoms with Crippen LogP contribution in [-0.4, -0.2) is 16.6 Å². The molecule has 1 aromatic carbocycles. The third kappa shape index (κ3) is 1.86. The molecule has 1 aromatic heterocycles. The fourth-order valence-electron chi connectivity index (χ4n) is 3.53. The summed E-state index contributed by atoms with van der Waals surface area (Å²) in [6.07, 6.45) is 4.43. The van der Waals surface area contributed by atoms with Gasteiger partial charge in [0.15, 0.2) is 0 Å². The van der Waals surface area contributed by atoms with E-state index in [2.05, 4.69) is 18.0 Å². The zero-order valence-electron chi connectivity index (χ0n) is 11.7. The molecule has 1 heterocycles. The maximum absolute atomic E-state index is 11.5. The molecule has 0 radical (unpaired) electrons. The lowest BCUT2D eigenvalue weighted by Gasteiger charge is -2.44. The lowest BCUT2D eigenvalue weighted by molar-refractivity contribution is -0.0144. The molecule has 104 valence electrons. The average Bonchev–Trinajstić information content (AvgIpc) is 2.48. The Bertz CT molecular complexity index is 599. The van der Waals surface area contributed by atoms with Gasteiger partial charge in [-0.05, 0) is 36.1 Å². The summed E-state index contributed by atoms with van der Waals surface area (Å²) < 4.78 is 0. The molecule has 1 aliphatic rings. The standard InChI is InChI=1S/C17H20N2O/c1-12-9-13-5-2-3-7-15(13)17(20,16(12)10-18)14-6-4-8-19-11-14/h2-8,11-12,16,20H,9-10,18H2,1H3. The molecule has 0 aliphatic heterocycles. The van der Waals surface area contributed by atoms with Crippen LogP contribution >= 0.6 is 0 Å². The molecule has 0 bridgehead atoms. The van der Waals surface area contributed by atoms with Crippen molar-refractivity contribution in [1.82, 2.24) is 4.98 Å². The Morgan fingerprint density at radius 2 is 2.10 bits per heavy atom. The number of benzene rings is 1. The van der Waals surface area contributed by atoms with Crippen LogP contribution in [0.15, 0.2) is 48.8 Å². The number of nitrogens with zero attached hydrogens (tertiary/aromatic N) is 1. The number of aromatic nitrogens is 1. The quantitative estimate of drug-likeness (QED) is 0.876. The first-order chi connectivity index (χ1) is 9.67. The smallest absolute Gasteiger partial charge is 0.121 e. The SMILES string of the molecule is CC1Cc2ccccc2C(O)(c2cccnc2)C1CN. The number of fused-ring (bicyclic) bond motifs is 1. The summed E-state index contributed by atoms with van der Waals surface area (Å²) in [5, 5.41) is 11.5. The topological polar surface area (TPSA) is 59.1 Å². The summed E-state index contributed by atoms with van der Waals surface area (Å²) in [5.41, 5.74) is 7.95. The van der Waals surface area contributed by atoms with E-state index in [0.29, 0.717) is 12.5 Å². The van der Waals surface area contributed by atoms with Gasteiger partial charge in [0, 0.05) is 23.9 Å². The molecule has 20 heavy (non-hydrogen) atoms. The van der Waals surface area contributed by atoms with E-state index >= 15 is 0 Å². The van der Waals surface area contributed by atoms with Crippen molar-refractivity contribution in [3.05, 3.63) is 65.5 Å². The number of aliphatic hydroxyl groups is 1. The van der Waals surface area contributed by atoms with Crippen LogP contribution in [-0.2, 0) is 12.0 Å². The van der Waals surface area contributed by atoms with Crippen LogP contribution in [0, 0.1) is 11.8 Å². The van der Waals surface area contributed by atoms with Crippen molar-refractivity contribution in [2.24, 2.45) is 17.6 Å². The van der Waals surface area contributed by atoms with Gasteiger partial charge in [-0.15, -0.1) is 0 Å². The Morgan fingerprint density at radius 3 is 2.80 bits per heavy atom. The fourth-order valence-corrected chi connectivity index (χ4v) is 3.53. The van der Waals surface area contributed by atoms with Crippen molar-refractivity contribution in [2.75, 3.05) is 6.54 Å². The number of nitrogens with two attached hydrogens (primary N) is 1. The molecule has 0 saturated carbocycles. The summed E-state index contributed by atoms with van der Waals surface area (Å²) >= 11 is 0. The van der Waals surface area contributed by atoms with Crippen LogP contribution in [0.25, 0.3) is 0 Å². The molecule has 3 unspecified atom stereocenters. The maximum atomic E-state index is 11.5. The molecule has 0 fully saturated rings. The van der Waals surface area contributed by atoms with Crippen molar-refractivity contribution in [3.8, 4) is 0 Å². The minimum absolute atomic E-state index is 0.00148. The Hall–Kier alpha value is -1.71. The molecule has 1 aliphatic carbocycles. The molecule has 3 heteroatoms. The predicted molar refractivity (Wildman–Crippen MR) is 79.1 cm³/mol. The first-order valence-corrected chi connectivity index (χ1v) is 7.09. The lowest BCUT2D eigenvalue weighted by Crippen LogP contribution is -2.48. The van der Waals surface area contributed by atoms with E-state index in [1.54, 1.807) is 12.4 Å². The summed E-state index contributed by atoms with van der Waals surface area (Å²) in [6.45, 7) is 2.62. The van der Waals surface area contributed by atoms with Gasteiger partial charge < -0.3 is 10.8 Å². The molecule has 0 spiro atoms. The van der Waals surface area contributed by atoms with Gasteiger partial charge in [0.2, 0.25) is 0 Å². The largest absolute Gasteiger partial charge is 0.380 e. The van der Waals surface area contributed by atoms with Crippen molar-refractivity contribution < 1.29 is 5.11 Å². The number of pyridine rings is 1. The Balaban J connectivity index is 2.24. The number of rotatable bonds is 2. The van der Waals surface area contributed by atoms with E-state index in [-0.39, 0.29) is 5.92 Å². The first-order valence-electron chi connectivity index (χ1n) is 7.09. The van der Waals surface area contributed by atoms with Gasteiger partial charge in [-0.1, -0.05) is 37.3 Å². The van der Waals surface area contributed by atoms with Gasteiger partial charge >= 0.3 is 0 Å². The maximum Gasteiger partial charge on any atom is 0.121 e. The summed E-state index contributed by atoms with van der Waals surface area (Å²) in [4.78, 5) is 4.17. The highest BCUT2D eigenvalue weighted by molar-refractivity contribution is 5.43. The van der Waals surface area contributed by atoms with Crippen LogP contribution < -0.4 is 5.73 Å². The van der Waals surface area contributed by atoms with Gasteiger partial charge in [-0.3, -0.25) is 4.98 Å². The molecule has 2 aromatic rings. The second-order valence-electron chi connectivity index (χ2n) is 5.69. The minimum Gasteiger partial charge on any atom is -0.380 e. The van der Waals surface area contributed by atoms with Crippen LogP contribution in [0.5, 0.6) is 0 Å². The van der Waals surface area contributed by atoms with Crippen LogP contribution in [0.2, 0.25) is 0 Å². The fraction of sp³-hybridized carbons (Fsp3) is 0.353. The molecular formula is C17H20N2O. The van der Waals surface area contributed by atoms with Crippen molar-refractivity contribution in [1.29, 1.82) is 0 Å². The van der Waals surface area contributed by atoms with Crippen molar-refractivity contribution in [2.45, 2.75) is 18.9 Å². The Labute approximate surface area is 119 Å². The van der Waals surface area contributed by atoms with E-state index in [9.17, 15) is 5.11 Å². The van der Waals surface area contributed by atoms with Crippen LogP contribution in [0.1, 0.15) is 23.6 Å². The van der Waals surface area contributed by atoms with Gasteiger partial charge in [-0.25, -0.2) is 0 Å². The van der Waals surface area contributed by atoms with Gasteiger partial charge in [0.25, 0.3) is 0 Å². The third-order valence-corrected chi connectivity index (χ3v) is 4.55. The molecule has 3 rings (SSSR count). The lowest BCUT2D eigenvalue weighted by atomic mass is 9.64. The molecular weight excluding hydrogens is 248 g/mol.